The number of nitrogens with one attached hydrogen (secondary N) is 1. The molecule has 1 rings (SSSR count). The zero-order valence-electron chi connectivity index (χ0n) is 10.4. The van der Waals surface area contributed by atoms with Gasteiger partial charge in [-0.3, -0.25) is 0 Å². The van der Waals surface area contributed by atoms with Crippen LogP contribution < -0.4 is 5.32 Å². The van der Waals surface area contributed by atoms with Crippen LogP contribution in [0, 0.1) is 5.92 Å². The first-order chi connectivity index (χ1) is 7.65. The second kappa shape index (κ2) is 6.84. The summed E-state index contributed by atoms with van der Waals surface area (Å²) in [5.41, 5.74) is 1.39. The summed E-state index contributed by atoms with van der Waals surface area (Å²) in [5, 5.41) is 12.7. The van der Waals surface area contributed by atoms with E-state index in [1.54, 1.807) is 0 Å². The van der Waals surface area contributed by atoms with E-state index >= 15 is 0 Å². The molecule has 0 aromatic heterocycles. The van der Waals surface area contributed by atoms with Crippen molar-refractivity contribution < 1.29 is 9.84 Å². The fraction of sp³-hybridized carbons (Fsp3) is 0.692. The van der Waals surface area contributed by atoms with E-state index in [-0.39, 0.29) is 6.04 Å². The molecule has 3 atom stereocenters. The van der Waals surface area contributed by atoms with Crippen molar-refractivity contribution in [3.8, 4) is 0 Å². The van der Waals surface area contributed by atoms with Crippen LogP contribution in [0.3, 0.4) is 0 Å². The molecule has 3 heteroatoms. The van der Waals surface area contributed by atoms with Crippen LogP contribution in [0.1, 0.15) is 27.2 Å². The van der Waals surface area contributed by atoms with Crippen molar-refractivity contribution >= 4 is 0 Å². The van der Waals surface area contributed by atoms with Gasteiger partial charge in [-0.1, -0.05) is 30.7 Å². The predicted molar refractivity (Wildman–Crippen MR) is 66.1 cm³/mol. The average molecular weight is 225 g/mol. The van der Waals surface area contributed by atoms with E-state index in [2.05, 4.69) is 37.4 Å². The van der Waals surface area contributed by atoms with Crippen molar-refractivity contribution in [1.82, 2.24) is 5.32 Å². The van der Waals surface area contributed by atoms with Crippen LogP contribution in [0.15, 0.2) is 23.8 Å². The molecule has 3 nitrogen and oxygen atoms in total. The highest BCUT2D eigenvalue weighted by molar-refractivity contribution is 5.24. The first-order valence-corrected chi connectivity index (χ1v) is 6.04. The van der Waals surface area contributed by atoms with Gasteiger partial charge in [0, 0.05) is 19.2 Å². The van der Waals surface area contributed by atoms with Gasteiger partial charge in [0.15, 0.2) is 6.29 Å². The Kier molecular flexibility index (Phi) is 5.74. The maximum Gasteiger partial charge on any atom is 0.167 e. The number of rotatable bonds is 6. The monoisotopic (exact) mass is 225 g/mol. The van der Waals surface area contributed by atoms with Crippen molar-refractivity contribution in [3.63, 3.8) is 0 Å². The third kappa shape index (κ3) is 4.08. The van der Waals surface area contributed by atoms with Crippen LogP contribution in [-0.4, -0.2) is 30.6 Å². The van der Waals surface area contributed by atoms with E-state index < -0.39 is 6.29 Å². The van der Waals surface area contributed by atoms with Gasteiger partial charge in [0.2, 0.25) is 0 Å². The maximum absolute atomic E-state index is 9.44. The number of aliphatic hydroxyl groups excluding tert-OH is 1. The summed E-state index contributed by atoms with van der Waals surface area (Å²) in [5.74, 6) is 0.580. The number of allylic oxidation sites excluding steroid dienone is 3. The van der Waals surface area contributed by atoms with Gasteiger partial charge in [-0.05, 0) is 26.2 Å². The second-order valence-corrected chi connectivity index (χ2v) is 4.27. The Morgan fingerprint density at radius 2 is 2.38 bits per heavy atom. The van der Waals surface area contributed by atoms with Crippen molar-refractivity contribution in [2.75, 3.05) is 13.2 Å². The molecule has 16 heavy (non-hydrogen) atoms. The van der Waals surface area contributed by atoms with Gasteiger partial charge in [-0.2, -0.15) is 0 Å². The Morgan fingerprint density at radius 3 is 3.00 bits per heavy atom. The first-order valence-electron chi connectivity index (χ1n) is 6.04. The van der Waals surface area contributed by atoms with Crippen LogP contribution >= 0.6 is 0 Å². The molecule has 0 aromatic rings. The standard InChI is InChI=1S/C13H23NO2/c1-4-16-13(15)9-14-11(3)12-8-6-5-7-10(12)2/h5-6,8,10-11,13-15H,4,7,9H2,1-3H3/t10-,11?,13?/m0/s1. The summed E-state index contributed by atoms with van der Waals surface area (Å²) in [6, 6.07) is 0.287. The molecule has 0 radical (unpaired) electrons. The summed E-state index contributed by atoms with van der Waals surface area (Å²) < 4.78 is 5.07. The van der Waals surface area contributed by atoms with Gasteiger partial charge in [-0.15, -0.1) is 0 Å². The van der Waals surface area contributed by atoms with Crippen molar-refractivity contribution in [2.24, 2.45) is 5.92 Å². The lowest BCUT2D eigenvalue weighted by Crippen LogP contribution is -2.37. The molecule has 0 saturated carbocycles. The third-order valence-corrected chi connectivity index (χ3v) is 2.94. The van der Waals surface area contributed by atoms with E-state index in [4.69, 9.17) is 4.74 Å². The fourth-order valence-electron chi connectivity index (χ4n) is 1.98. The molecular formula is C13H23NO2. The molecule has 1 aliphatic rings. The zero-order chi connectivity index (χ0) is 12.0. The molecule has 0 aliphatic heterocycles. The van der Waals surface area contributed by atoms with E-state index in [9.17, 15) is 5.11 Å². The van der Waals surface area contributed by atoms with E-state index in [1.807, 2.05) is 6.92 Å². The molecule has 2 unspecified atom stereocenters. The van der Waals surface area contributed by atoms with Crippen LogP contribution in [-0.2, 0) is 4.74 Å². The topological polar surface area (TPSA) is 41.5 Å². The van der Waals surface area contributed by atoms with Crippen molar-refractivity contribution in [3.05, 3.63) is 23.8 Å². The number of hydrogen-bond acceptors (Lipinski definition) is 3. The molecule has 0 spiro atoms. The SMILES string of the molecule is CCOC(O)CNC(C)C1=CC=CC[C@@H]1C. The Labute approximate surface area is 98.2 Å². The summed E-state index contributed by atoms with van der Waals surface area (Å²) in [6.07, 6.45) is 6.86. The lowest BCUT2D eigenvalue weighted by Gasteiger charge is -2.25. The molecule has 0 bridgehead atoms. The first kappa shape index (κ1) is 13.4. The Hall–Kier alpha value is -0.640. The molecule has 2 N–H and O–H groups in total. The van der Waals surface area contributed by atoms with Gasteiger partial charge in [0.05, 0.1) is 0 Å². The average Bonchev–Trinajstić information content (AvgIpc) is 2.27. The Morgan fingerprint density at radius 1 is 1.62 bits per heavy atom. The smallest absolute Gasteiger partial charge is 0.167 e. The lowest BCUT2D eigenvalue weighted by molar-refractivity contribution is -0.0919. The van der Waals surface area contributed by atoms with Gasteiger partial charge >= 0.3 is 0 Å². The Bertz CT molecular complexity index is 261. The Balaban J connectivity index is 2.37. The highest BCUT2D eigenvalue weighted by Crippen LogP contribution is 2.22. The van der Waals surface area contributed by atoms with Crippen LogP contribution in [0.2, 0.25) is 0 Å². The minimum absolute atomic E-state index is 0.287. The second-order valence-electron chi connectivity index (χ2n) is 4.27. The molecule has 0 saturated heterocycles. The number of aliphatic hydroxyl groups is 1. The van der Waals surface area contributed by atoms with Crippen molar-refractivity contribution in [2.45, 2.75) is 39.5 Å². The van der Waals surface area contributed by atoms with E-state index in [1.165, 1.54) is 5.57 Å². The number of ether oxygens (including phenoxy) is 1. The minimum atomic E-state index is -0.706. The number of hydrogen-bond donors (Lipinski definition) is 2. The molecule has 0 fully saturated rings. The predicted octanol–water partition coefficient (Wildman–Crippen LogP) is 1.84. The molecule has 1 aliphatic carbocycles. The van der Waals surface area contributed by atoms with Gasteiger partial charge in [-0.25, -0.2) is 0 Å². The van der Waals surface area contributed by atoms with Crippen LogP contribution in [0.25, 0.3) is 0 Å². The zero-order valence-corrected chi connectivity index (χ0v) is 10.4. The summed E-state index contributed by atoms with van der Waals surface area (Å²) in [4.78, 5) is 0. The largest absolute Gasteiger partial charge is 0.367 e. The van der Waals surface area contributed by atoms with E-state index in [0.29, 0.717) is 19.1 Å². The summed E-state index contributed by atoms with van der Waals surface area (Å²) in [6.45, 7) is 7.25. The molecule has 92 valence electrons. The van der Waals surface area contributed by atoms with Gasteiger partial charge < -0.3 is 15.2 Å². The maximum atomic E-state index is 9.44. The highest BCUT2D eigenvalue weighted by atomic mass is 16.6. The lowest BCUT2D eigenvalue weighted by atomic mass is 9.89. The van der Waals surface area contributed by atoms with Gasteiger partial charge in [0.25, 0.3) is 0 Å². The summed E-state index contributed by atoms with van der Waals surface area (Å²) in [7, 11) is 0. The van der Waals surface area contributed by atoms with E-state index in [0.717, 1.165) is 6.42 Å². The quantitative estimate of drug-likeness (QED) is 0.678. The molecule has 0 amide bonds. The molecule has 0 aromatic carbocycles. The van der Waals surface area contributed by atoms with Gasteiger partial charge in [0.1, 0.15) is 0 Å². The molecule has 0 heterocycles. The fourth-order valence-corrected chi connectivity index (χ4v) is 1.98. The summed E-state index contributed by atoms with van der Waals surface area (Å²) >= 11 is 0. The normalized spacial score (nSPS) is 24.0. The third-order valence-electron chi connectivity index (χ3n) is 2.94. The minimum Gasteiger partial charge on any atom is -0.367 e. The van der Waals surface area contributed by atoms with Crippen LogP contribution in [0.4, 0.5) is 0 Å². The van der Waals surface area contributed by atoms with Crippen molar-refractivity contribution in [1.29, 1.82) is 0 Å². The molecular weight excluding hydrogens is 202 g/mol. The van der Waals surface area contributed by atoms with Crippen LogP contribution in [0.5, 0.6) is 0 Å². The highest BCUT2D eigenvalue weighted by Gasteiger charge is 2.16.